The van der Waals surface area contributed by atoms with Gasteiger partial charge in [-0.25, -0.2) is 4.39 Å². The van der Waals surface area contributed by atoms with E-state index < -0.39 is 0 Å². The molecule has 29 heavy (non-hydrogen) atoms. The Bertz CT molecular complexity index is 1120. The summed E-state index contributed by atoms with van der Waals surface area (Å²) in [5.74, 6) is 0.365. The predicted molar refractivity (Wildman–Crippen MR) is 109 cm³/mol. The minimum atomic E-state index is -0.364. The van der Waals surface area contributed by atoms with E-state index in [9.17, 15) is 9.18 Å². The number of carbonyl (C=O) groups excluding carboxylic acids is 1. The van der Waals surface area contributed by atoms with E-state index >= 15 is 0 Å². The first-order chi connectivity index (χ1) is 14.1. The summed E-state index contributed by atoms with van der Waals surface area (Å²) in [6.07, 6.45) is 1.36. The number of hydrogen-bond donors (Lipinski definition) is 0. The first-order valence-corrected chi connectivity index (χ1v) is 9.49. The standard InChI is InChI=1S/C24H19FN2O2/c1-16-15-29-22-9-5-3-7-20(22)23-26(14-17-10-12-18(25)13-11-17)24(28)19-6-2-4-8-21(19)27(16)23/h2-13,15,23H,14H2,1H3. The molecule has 0 saturated heterocycles. The van der Waals surface area contributed by atoms with Crippen LogP contribution in [0.3, 0.4) is 0 Å². The number of amides is 1. The third kappa shape index (κ3) is 2.86. The second-order valence-corrected chi connectivity index (χ2v) is 7.24. The van der Waals surface area contributed by atoms with Crippen LogP contribution >= 0.6 is 0 Å². The molecule has 144 valence electrons. The van der Waals surface area contributed by atoms with Crippen LogP contribution in [0, 0.1) is 5.82 Å². The number of anilines is 1. The Morgan fingerprint density at radius 2 is 1.69 bits per heavy atom. The Kier molecular flexibility index (Phi) is 4.09. The molecule has 4 nitrogen and oxygen atoms in total. The van der Waals surface area contributed by atoms with Crippen LogP contribution in [-0.2, 0) is 6.54 Å². The second kappa shape index (κ2) is 6.78. The van der Waals surface area contributed by atoms with Gasteiger partial charge in [0.25, 0.3) is 5.91 Å². The Hall–Kier alpha value is -3.60. The lowest BCUT2D eigenvalue weighted by molar-refractivity contribution is 0.0638. The lowest BCUT2D eigenvalue weighted by atomic mass is 9.99. The summed E-state index contributed by atoms with van der Waals surface area (Å²) in [5.41, 5.74) is 4.16. The molecule has 0 saturated carbocycles. The van der Waals surface area contributed by atoms with Crippen molar-refractivity contribution in [3.63, 3.8) is 0 Å². The Balaban J connectivity index is 1.70. The minimum absolute atomic E-state index is 0.0596. The minimum Gasteiger partial charge on any atom is -0.463 e. The normalized spacial score (nSPS) is 17.5. The van der Waals surface area contributed by atoms with Gasteiger partial charge in [-0.3, -0.25) is 4.79 Å². The molecule has 5 heteroatoms. The van der Waals surface area contributed by atoms with Crippen LogP contribution in [0.5, 0.6) is 5.75 Å². The number of carbonyl (C=O) groups is 1. The summed E-state index contributed by atoms with van der Waals surface area (Å²) in [6, 6.07) is 21.6. The van der Waals surface area contributed by atoms with Crippen LogP contribution in [0.1, 0.15) is 34.6 Å². The van der Waals surface area contributed by atoms with Crippen molar-refractivity contribution in [3.05, 3.63) is 107 Å². The van der Waals surface area contributed by atoms with Gasteiger partial charge in [-0.1, -0.05) is 42.5 Å². The SMILES string of the molecule is CC1=COc2ccccc2C2N(Cc3ccc(F)cc3)C(=O)c3ccccc3N12. The van der Waals surface area contributed by atoms with Crippen molar-refractivity contribution in [3.8, 4) is 5.75 Å². The number of nitrogens with zero attached hydrogens (tertiary/aromatic N) is 2. The molecule has 1 amide bonds. The van der Waals surface area contributed by atoms with Crippen molar-refractivity contribution in [2.75, 3.05) is 4.90 Å². The smallest absolute Gasteiger partial charge is 0.258 e. The van der Waals surface area contributed by atoms with Crippen LogP contribution < -0.4 is 9.64 Å². The molecule has 5 rings (SSSR count). The first-order valence-electron chi connectivity index (χ1n) is 9.49. The van der Waals surface area contributed by atoms with Gasteiger partial charge in [-0.15, -0.1) is 0 Å². The third-order valence-corrected chi connectivity index (χ3v) is 5.39. The van der Waals surface area contributed by atoms with Gasteiger partial charge in [0, 0.05) is 12.1 Å². The van der Waals surface area contributed by atoms with E-state index in [-0.39, 0.29) is 17.9 Å². The highest BCUT2D eigenvalue weighted by Crippen LogP contribution is 2.45. The molecule has 1 atom stereocenters. The van der Waals surface area contributed by atoms with Crippen molar-refractivity contribution in [1.29, 1.82) is 0 Å². The van der Waals surface area contributed by atoms with Crippen LogP contribution in [0.4, 0.5) is 10.1 Å². The van der Waals surface area contributed by atoms with Gasteiger partial charge in [0.2, 0.25) is 0 Å². The third-order valence-electron chi connectivity index (χ3n) is 5.39. The molecular formula is C24H19FN2O2. The Morgan fingerprint density at radius 1 is 0.966 bits per heavy atom. The molecule has 0 radical (unpaired) electrons. The maximum absolute atomic E-state index is 13.5. The monoisotopic (exact) mass is 386 g/mol. The van der Waals surface area contributed by atoms with Crippen molar-refractivity contribution >= 4 is 11.6 Å². The van der Waals surface area contributed by atoms with Crippen molar-refractivity contribution in [2.45, 2.75) is 19.6 Å². The topological polar surface area (TPSA) is 32.8 Å². The number of halogens is 1. The number of allylic oxidation sites excluding steroid dienone is 1. The summed E-state index contributed by atoms with van der Waals surface area (Å²) in [5, 5.41) is 0. The molecule has 0 aromatic heterocycles. The molecule has 2 heterocycles. The van der Waals surface area contributed by atoms with Crippen molar-refractivity contribution in [2.24, 2.45) is 0 Å². The molecule has 3 aromatic carbocycles. The highest BCUT2D eigenvalue weighted by Gasteiger charge is 2.41. The molecule has 1 unspecified atom stereocenters. The van der Waals surface area contributed by atoms with Gasteiger partial charge in [0.15, 0.2) is 0 Å². The molecule has 0 aliphatic carbocycles. The van der Waals surface area contributed by atoms with Crippen LogP contribution in [0.2, 0.25) is 0 Å². The van der Waals surface area contributed by atoms with E-state index in [1.165, 1.54) is 12.1 Å². The molecule has 3 aromatic rings. The maximum atomic E-state index is 13.5. The van der Waals surface area contributed by atoms with Crippen LogP contribution in [0.25, 0.3) is 0 Å². The van der Waals surface area contributed by atoms with Crippen molar-refractivity contribution < 1.29 is 13.9 Å². The van der Waals surface area contributed by atoms with E-state index in [4.69, 9.17) is 4.74 Å². The quantitative estimate of drug-likeness (QED) is 0.604. The number of hydrogen-bond acceptors (Lipinski definition) is 3. The van der Waals surface area contributed by atoms with Crippen molar-refractivity contribution in [1.82, 2.24) is 4.90 Å². The zero-order chi connectivity index (χ0) is 20.0. The fraction of sp³-hybridized carbons (Fsp3) is 0.125. The summed E-state index contributed by atoms with van der Waals surface area (Å²) in [4.78, 5) is 17.5. The average Bonchev–Trinajstić information content (AvgIpc) is 2.89. The largest absolute Gasteiger partial charge is 0.463 e. The number of fused-ring (bicyclic) bond motifs is 5. The first kappa shape index (κ1) is 17.5. The lowest BCUT2D eigenvalue weighted by Crippen LogP contribution is -2.48. The summed E-state index contributed by atoms with van der Waals surface area (Å²) in [7, 11) is 0. The molecule has 0 spiro atoms. The second-order valence-electron chi connectivity index (χ2n) is 7.24. The number of para-hydroxylation sites is 2. The molecule has 2 aliphatic rings. The fourth-order valence-corrected chi connectivity index (χ4v) is 4.04. The number of ether oxygens (including phenoxy) is 1. The summed E-state index contributed by atoms with van der Waals surface area (Å²) >= 11 is 0. The average molecular weight is 386 g/mol. The highest BCUT2D eigenvalue weighted by atomic mass is 19.1. The Labute approximate surface area is 168 Å². The van der Waals surface area contributed by atoms with Gasteiger partial charge in [-0.05, 0) is 42.8 Å². The lowest BCUT2D eigenvalue weighted by Gasteiger charge is -2.45. The fourth-order valence-electron chi connectivity index (χ4n) is 4.04. The summed E-state index contributed by atoms with van der Waals surface area (Å²) < 4.78 is 19.3. The van der Waals surface area contributed by atoms with E-state index in [1.807, 2.05) is 60.4 Å². The van der Waals surface area contributed by atoms with Gasteiger partial charge in [0.1, 0.15) is 24.0 Å². The predicted octanol–water partition coefficient (Wildman–Crippen LogP) is 5.24. The Morgan fingerprint density at radius 3 is 2.52 bits per heavy atom. The van der Waals surface area contributed by atoms with Gasteiger partial charge >= 0.3 is 0 Å². The van der Waals surface area contributed by atoms with Gasteiger partial charge in [0.05, 0.1) is 16.9 Å². The van der Waals surface area contributed by atoms with E-state index in [0.717, 1.165) is 28.3 Å². The highest BCUT2D eigenvalue weighted by molar-refractivity contribution is 6.02. The molecule has 0 bridgehead atoms. The van der Waals surface area contributed by atoms with Gasteiger partial charge in [-0.2, -0.15) is 0 Å². The van der Waals surface area contributed by atoms with E-state index in [2.05, 4.69) is 4.90 Å². The van der Waals surface area contributed by atoms with Crippen LogP contribution in [0.15, 0.2) is 84.8 Å². The molecular weight excluding hydrogens is 367 g/mol. The van der Waals surface area contributed by atoms with E-state index in [1.54, 1.807) is 18.4 Å². The number of rotatable bonds is 2. The molecule has 0 fully saturated rings. The zero-order valence-electron chi connectivity index (χ0n) is 15.9. The van der Waals surface area contributed by atoms with E-state index in [0.29, 0.717) is 12.1 Å². The molecule has 2 aliphatic heterocycles. The zero-order valence-corrected chi connectivity index (χ0v) is 15.9. The molecule has 0 N–H and O–H groups in total. The van der Waals surface area contributed by atoms with Crippen LogP contribution in [-0.4, -0.2) is 10.8 Å². The maximum Gasteiger partial charge on any atom is 0.258 e. The van der Waals surface area contributed by atoms with Gasteiger partial charge < -0.3 is 14.5 Å². The summed E-state index contributed by atoms with van der Waals surface area (Å²) in [6.45, 7) is 2.33. The number of benzene rings is 3.